The first-order chi connectivity index (χ1) is 13.4. The molecule has 0 bridgehead atoms. The van der Waals surface area contributed by atoms with E-state index in [2.05, 4.69) is 13.0 Å². The fourth-order valence-electron chi connectivity index (χ4n) is 3.16. The molecule has 146 valence electrons. The monoisotopic (exact) mass is 378 g/mol. The van der Waals surface area contributed by atoms with Gasteiger partial charge in [0.15, 0.2) is 11.5 Å². The Labute approximate surface area is 165 Å². The molecule has 0 unspecified atom stereocenters. The van der Waals surface area contributed by atoms with E-state index in [9.17, 15) is 9.90 Å². The van der Waals surface area contributed by atoms with Gasteiger partial charge in [0.05, 0.1) is 17.8 Å². The number of phenols is 1. The first-order valence-electron chi connectivity index (χ1n) is 9.45. The molecular formula is C23H26N2O3. The number of hydrogen-bond acceptors (Lipinski definition) is 4. The summed E-state index contributed by atoms with van der Waals surface area (Å²) in [6.45, 7) is 4.43. The zero-order chi connectivity index (χ0) is 20.3. The Bertz CT molecular complexity index is 1010. The number of carbonyl (C=O) groups is 1. The van der Waals surface area contributed by atoms with Crippen molar-refractivity contribution < 1.29 is 14.6 Å². The van der Waals surface area contributed by atoms with Crippen LogP contribution in [0.15, 0.2) is 42.5 Å². The number of ether oxygens (including phenoxy) is 1. The smallest absolute Gasteiger partial charge is 0.222 e. The van der Waals surface area contributed by atoms with E-state index in [0.717, 1.165) is 33.3 Å². The predicted octanol–water partition coefficient (Wildman–Crippen LogP) is 4.34. The number of hydrogen-bond donors (Lipinski definition) is 1. The van der Waals surface area contributed by atoms with Crippen LogP contribution >= 0.6 is 0 Å². The number of carbonyl (C=O) groups excluding carboxylic acids is 1. The van der Waals surface area contributed by atoms with Crippen molar-refractivity contribution in [3.63, 3.8) is 0 Å². The minimum Gasteiger partial charge on any atom is -0.504 e. The summed E-state index contributed by atoms with van der Waals surface area (Å²) in [5, 5.41) is 11.0. The summed E-state index contributed by atoms with van der Waals surface area (Å²) in [7, 11) is 3.55. The lowest BCUT2D eigenvalue weighted by molar-refractivity contribution is -0.128. The van der Waals surface area contributed by atoms with Gasteiger partial charge in [0.1, 0.15) is 0 Å². The van der Waals surface area contributed by atoms with E-state index >= 15 is 0 Å². The van der Waals surface area contributed by atoms with Crippen LogP contribution in [0.5, 0.6) is 11.5 Å². The summed E-state index contributed by atoms with van der Waals surface area (Å²) >= 11 is 0. The van der Waals surface area contributed by atoms with E-state index in [1.165, 1.54) is 0 Å². The van der Waals surface area contributed by atoms with Crippen LogP contribution in [-0.2, 0) is 11.2 Å². The van der Waals surface area contributed by atoms with Crippen LogP contribution < -0.4 is 4.74 Å². The van der Waals surface area contributed by atoms with Crippen molar-refractivity contribution >= 4 is 16.8 Å². The van der Waals surface area contributed by atoms with Crippen molar-refractivity contribution in [2.24, 2.45) is 0 Å². The highest BCUT2D eigenvalue weighted by Crippen LogP contribution is 2.32. The van der Waals surface area contributed by atoms with Crippen molar-refractivity contribution in [2.45, 2.75) is 26.7 Å². The Morgan fingerprint density at radius 2 is 1.93 bits per heavy atom. The third-order valence-electron chi connectivity index (χ3n) is 4.76. The standard InChI is InChI=1S/C23H26N2O3/c1-5-28-22-14-17(8-10-21(22)26)20-12-15(2)18-13-16(6-9-19(18)24-20)7-11-23(27)25(3)4/h6,8-10,12-14,26H,5,7,11H2,1-4H3. The van der Waals surface area contributed by atoms with Gasteiger partial charge in [-0.25, -0.2) is 4.98 Å². The molecule has 3 rings (SSSR count). The minimum atomic E-state index is 0.125. The van der Waals surface area contributed by atoms with Gasteiger partial charge in [-0.3, -0.25) is 4.79 Å². The number of amides is 1. The average Bonchev–Trinajstić information content (AvgIpc) is 2.68. The predicted molar refractivity (Wildman–Crippen MR) is 112 cm³/mol. The van der Waals surface area contributed by atoms with Crippen molar-refractivity contribution in [2.75, 3.05) is 20.7 Å². The molecule has 0 spiro atoms. The molecule has 0 fully saturated rings. The molecule has 1 aromatic heterocycles. The number of nitrogens with zero attached hydrogens (tertiary/aromatic N) is 2. The SMILES string of the molecule is CCOc1cc(-c2cc(C)c3cc(CCC(=O)N(C)C)ccc3n2)ccc1O. The maximum atomic E-state index is 11.8. The van der Waals surface area contributed by atoms with E-state index < -0.39 is 0 Å². The molecule has 1 heterocycles. The largest absolute Gasteiger partial charge is 0.504 e. The second-order valence-corrected chi connectivity index (χ2v) is 7.08. The third kappa shape index (κ3) is 4.25. The van der Waals surface area contributed by atoms with Gasteiger partial charge in [-0.1, -0.05) is 6.07 Å². The highest BCUT2D eigenvalue weighted by atomic mass is 16.5. The molecule has 0 aliphatic rings. The third-order valence-corrected chi connectivity index (χ3v) is 4.76. The Hall–Kier alpha value is -3.08. The zero-order valence-corrected chi connectivity index (χ0v) is 16.8. The Kier molecular flexibility index (Phi) is 5.83. The molecule has 5 heteroatoms. The van der Waals surface area contributed by atoms with E-state index in [4.69, 9.17) is 9.72 Å². The topological polar surface area (TPSA) is 62.7 Å². The summed E-state index contributed by atoms with van der Waals surface area (Å²) < 4.78 is 5.49. The molecule has 0 saturated heterocycles. The second-order valence-electron chi connectivity index (χ2n) is 7.08. The van der Waals surface area contributed by atoms with E-state index in [1.807, 2.05) is 37.3 Å². The Morgan fingerprint density at radius 1 is 1.14 bits per heavy atom. The number of benzene rings is 2. The zero-order valence-electron chi connectivity index (χ0n) is 16.8. The normalized spacial score (nSPS) is 10.9. The number of phenolic OH excluding ortho intramolecular Hbond substituents is 1. The number of fused-ring (bicyclic) bond motifs is 1. The van der Waals surface area contributed by atoms with Crippen LogP contribution in [0.4, 0.5) is 0 Å². The molecule has 2 aromatic carbocycles. The number of pyridine rings is 1. The van der Waals surface area contributed by atoms with Crippen LogP contribution in [-0.4, -0.2) is 41.6 Å². The molecule has 0 aliphatic carbocycles. The maximum absolute atomic E-state index is 11.8. The van der Waals surface area contributed by atoms with Gasteiger partial charge >= 0.3 is 0 Å². The van der Waals surface area contributed by atoms with Crippen molar-refractivity contribution in [3.05, 3.63) is 53.6 Å². The molecular weight excluding hydrogens is 352 g/mol. The minimum absolute atomic E-state index is 0.125. The number of aromatic nitrogens is 1. The van der Waals surface area contributed by atoms with E-state index in [1.54, 1.807) is 25.1 Å². The summed E-state index contributed by atoms with van der Waals surface area (Å²) in [6.07, 6.45) is 1.21. The first kappa shape index (κ1) is 19.7. The van der Waals surface area contributed by atoms with Gasteiger partial charge in [0.25, 0.3) is 0 Å². The quantitative estimate of drug-likeness (QED) is 0.693. The highest BCUT2D eigenvalue weighted by molar-refractivity contribution is 5.86. The highest BCUT2D eigenvalue weighted by Gasteiger charge is 2.10. The molecule has 0 aliphatic heterocycles. The second kappa shape index (κ2) is 8.30. The summed E-state index contributed by atoms with van der Waals surface area (Å²) in [4.78, 5) is 18.2. The van der Waals surface area contributed by atoms with Crippen molar-refractivity contribution in [1.82, 2.24) is 9.88 Å². The summed E-state index contributed by atoms with van der Waals surface area (Å²) in [6, 6.07) is 13.5. The van der Waals surface area contributed by atoms with E-state index in [0.29, 0.717) is 25.2 Å². The first-order valence-corrected chi connectivity index (χ1v) is 9.45. The summed E-state index contributed by atoms with van der Waals surface area (Å²) in [5.74, 6) is 0.711. The molecule has 3 aromatic rings. The van der Waals surface area contributed by atoms with Crippen LogP contribution in [0, 0.1) is 6.92 Å². The van der Waals surface area contributed by atoms with Gasteiger partial charge in [0, 0.05) is 31.5 Å². The van der Waals surface area contributed by atoms with Gasteiger partial charge in [-0.15, -0.1) is 0 Å². The maximum Gasteiger partial charge on any atom is 0.222 e. The Morgan fingerprint density at radius 3 is 2.64 bits per heavy atom. The fraction of sp³-hybridized carbons (Fsp3) is 0.304. The van der Waals surface area contributed by atoms with Gasteiger partial charge in [0.2, 0.25) is 5.91 Å². The van der Waals surface area contributed by atoms with E-state index in [-0.39, 0.29) is 11.7 Å². The Balaban J connectivity index is 1.92. The molecule has 5 nitrogen and oxygen atoms in total. The van der Waals surface area contributed by atoms with Crippen molar-refractivity contribution in [1.29, 1.82) is 0 Å². The van der Waals surface area contributed by atoms with Crippen LogP contribution in [0.2, 0.25) is 0 Å². The molecule has 0 saturated carbocycles. The lowest BCUT2D eigenvalue weighted by Crippen LogP contribution is -2.21. The lowest BCUT2D eigenvalue weighted by atomic mass is 10.0. The average molecular weight is 378 g/mol. The van der Waals surface area contributed by atoms with Crippen LogP contribution in [0.3, 0.4) is 0 Å². The molecule has 28 heavy (non-hydrogen) atoms. The number of rotatable bonds is 6. The number of aromatic hydroxyl groups is 1. The molecule has 0 radical (unpaired) electrons. The number of aryl methyl sites for hydroxylation is 2. The van der Waals surface area contributed by atoms with Crippen LogP contribution in [0.1, 0.15) is 24.5 Å². The fourth-order valence-corrected chi connectivity index (χ4v) is 3.16. The van der Waals surface area contributed by atoms with Gasteiger partial charge in [-0.05, 0) is 67.8 Å². The molecule has 1 amide bonds. The lowest BCUT2D eigenvalue weighted by Gasteiger charge is -2.12. The van der Waals surface area contributed by atoms with Gasteiger partial charge in [-0.2, -0.15) is 0 Å². The van der Waals surface area contributed by atoms with Gasteiger partial charge < -0.3 is 14.7 Å². The molecule has 1 N–H and O–H groups in total. The summed E-state index contributed by atoms with van der Waals surface area (Å²) in [5.41, 5.74) is 4.88. The van der Waals surface area contributed by atoms with Crippen LogP contribution in [0.25, 0.3) is 22.2 Å². The molecule has 0 atom stereocenters. The van der Waals surface area contributed by atoms with Crippen molar-refractivity contribution in [3.8, 4) is 22.8 Å².